The van der Waals surface area contributed by atoms with E-state index in [4.69, 9.17) is 0 Å². The molecule has 2 heteroatoms. The van der Waals surface area contributed by atoms with Gasteiger partial charge in [0, 0.05) is 32.1 Å². The first kappa shape index (κ1) is 13.1. The molecule has 18 heavy (non-hydrogen) atoms. The summed E-state index contributed by atoms with van der Waals surface area (Å²) in [5.41, 5.74) is 2.67. The third-order valence-corrected chi connectivity index (χ3v) is 3.98. The highest BCUT2D eigenvalue weighted by atomic mass is 16.1. The Hall–Kier alpha value is -1.31. The van der Waals surface area contributed by atoms with Crippen LogP contribution in [0.25, 0.3) is 0 Å². The normalized spacial score (nSPS) is 16.9. The molecule has 0 aromatic heterocycles. The van der Waals surface area contributed by atoms with E-state index in [9.17, 15) is 4.79 Å². The Morgan fingerprint density at radius 1 is 1.17 bits per heavy atom. The molecule has 1 saturated carbocycles. The van der Waals surface area contributed by atoms with E-state index in [1.165, 1.54) is 11.3 Å². The van der Waals surface area contributed by atoms with Gasteiger partial charge in [0.05, 0.1) is 0 Å². The van der Waals surface area contributed by atoms with Gasteiger partial charge in [-0.15, -0.1) is 0 Å². The van der Waals surface area contributed by atoms with Crippen molar-refractivity contribution >= 4 is 11.5 Å². The predicted molar refractivity (Wildman–Crippen MR) is 76.1 cm³/mol. The Balaban J connectivity index is 1.90. The molecule has 0 saturated heterocycles. The number of anilines is 1. The molecule has 1 aromatic rings. The van der Waals surface area contributed by atoms with Crippen molar-refractivity contribution in [2.75, 3.05) is 18.5 Å². The number of nitrogens with zero attached hydrogens (tertiary/aromatic N) is 1. The Morgan fingerprint density at radius 3 is 2.33 bits per heavy atom. The summed E-state index contributed by atoms with van der Waals surface area (Å²) in [5.74, 6) is 1.12. The first-order valence-electron chi connectivity index (χ1n) is 7.01. The Morgan fingerprint density at radius 2 is 1.78 bits per heavy atom. The molecule has 0 atom stereocenters. The van der Waals surface area contributed by atoms with Gasteiger partial charge in [-0.1, -0.05) is 19.1 Å². The first-order chi connectivity index (χ1) is 8.69. The first-order valence-corrected chi connectivity index (χ1v) is 7.01. The van der Waals surface area contributed by atoms with Crippen LogP contribution in [0.5, 0.6) is 0 Å². The second kappa shape index (κ2) is 6.03. The molecule has 98 valence electrons. The van der Waals surface area contributed by atoms with Gasteiger partial charge in [-0.25, -0.2) is 0 Å². The zero-order chi connectivity index (χ0) is 13.0. The number of ketones is 1. The van der Waals surface area contributed by atoms with Crippen LogP contribution in [0.15, 0.2) is 24.3 Å². The lowest BCUT2D eigenvalue weighted by Gasteiger charge is -2.28. The van der Waals surface area contributed by atoms with E-state index in [-0.39, 0.29) is 0 Å². The van der Waals surface area contributed by atoms with Crippen LogP contribution in [0.1, 0.15) is 38.2 Å². The van der Waals surface area contributed by atoms with Crippen LogP contribution in [0, 0.1) is 5.92 Å². The summed E-state index contributed by atoms with van der Waals surface area (Å²) >= 11 is 0. The molecular formula is C16H23NO. The maximum Gasteiger partial charge on any atom is 0.132 e. The van der Waals surface area contributed by atoms with Crippen molar-refractivity contribution in [3.8, 4) is 0 Å². The van der Waals surface area contributed by atoms with Crippen LogP contribution in [0.4, 0.5) is 5.69 Å². The van der Waals surface area contributed by atoms with Crippen LogP contribution >= 0.6 is 0 Å². The van der Waals surface area contributed by atoms with Gasteiger partial charge in [-0.2, -0.15) is 0 Å². The number of carbonyl (C=O) groups is 1. The molecule has 0 bridgehead atoms. The number of benzene rings is 1. The lowest BCUT2D eigenvalue weighted by Crippen LogP contribution is -2.28. The molecule has 0 spiro atoms. The van der Waals surface area contributed by atoms with Gasteiger partial charge in [0.25, 0.3) is 0 Å². The minimum Gasteiger partial charge on any atom is -0.374 e. The molecule has 0 aliphatic heterocycles. The van der Waals surface area contributed by atoms with Crippen molar-refractivity contribution < 1.29 is 4.79 Å². The van der Waals surface area contributed by atoms with Crippen LogP contribution in [-0.4, -0.2) is 19.4 Å². The minimum atomic E-state index is 0.446. The highest BCUT2D eigenvalue weighted by Gasteiger charge is 2.19. The number of hydrogen-bond donors (Lipinski definition) is 0. The number of rotatable bonds is 4. The fourth-order valence-corrected chi connectivity index (χ4v) is 2.66. The second-order valence-electron chi connectivity index (χ2n) is 5.38. The van der Waals surface area contributed by atoms with E-state index in [0.29, 0.717) is 11.7 Å². The van der Waals surface area contributed by atoms with Gasteiger partial charge < -0.3 is 4.90 Å². The monoisotopic (exact) mass is 245 g/mol. The molecule has 0 unspecified atom stereocenters. The summed E-state index contributed by atoms with van der Waals surface area (Å²) in [6, 6.07) is 8.81. The van der Waals surface area contributed by atoms with Gasteiger partial charge >= 0.3 is 0 Å². The van der Waals surface area contributed by atoms with Crippen molar-refractivity contribution in [1.29, 1.82) is 0 Å². The van der Waals surface area contributed by atoms with E-state index < -0.39 is 0 Å². The van der Waals surface area contributed by atoms with Crippen molar-refractivity contribution in [1.82, 2.24) is 0 Å². The predicted octanol–water partition coefficient (Wildman–Crippen LogP) is 3.44. The summed E-state index contributed by atoms with van der Waals surface area (Å²) in [6.07, 6.45) is 4.79. The Labute approximate surface area is 110 Å². The summed E-state index contributed by atoms with van der Waals surface area (Å²) in [6.45, 7) is 3.25. The molecule has 1 aliphatic rings. The van der Waals surface area contributed by atoms with Crippen LogP contribution in [-0.2, 0) is 11.2 Å². The maximum atomic E-state index is 11.2. The molecule has 1 aliphatic carbocycles. The quantitative estimate of drug-likeness (QED) is 0.810. The summed E-state index contributed by atoms with van der Waals surface area (Å²) < 4.78 is 0. The molecule has 2 rings (SSSR count). The van der Waals surface area contributed by atoms with Crippen molar-refractivity contribution in [2.24, 2.45) is 5.92 Å². The van der Waals surface area contributed by atoms with Crippen LogP contribution in [0.3, 0.4) is 0 Å². The Bertz CT molecular complexity index is 386. The van der Waals surface area contributed by atoms with E-state index in [1.54, 1.807) is 0 Å². The smallest absolute Gasteiger partial charge is 0.132 e. The van der Waals surface area contributed by atoms with Gasteiger partial charge in [-0.05, 0) is 42.9 Å². The lowest BCUT2D eigenvalue weighted by atomic mass is 9.88. The highest BCUT2D eigenvalue weighted by molar-refractivity contribution is 5.79. The van der Waals surface area contributed by atoms with Crippen molar-refractivity contribution in [3.63, 3.8) is 0 Å². The second-order valence-corrected chi connectivity index (χ2v) is 5.38. The SMILES string of the molecule is CCc1ccc(N(C)CC2CCC(=O)CC2)cc1. The molecule has 0 heterocycles. The van der Waals surface area contributed by atoms with E-state index >= 15 is 0 Å². The number of Topliss-reactive ketones (excluding diaryl/α,β-unsaturated/α-hetero) is 1. The van der Waals surface area contributed by atoms with Crippen LogP contribution < -0.4 is 4.90 Å². The molecule has 0 N–H and O–H groups in total. The highest BCUT2D eigenvalue weighted by Crippen LogP contribution is 2.24. The van der Waals surface area contributed by atoms with Gasteiger partial charge in [0.15, 0.2) is 0 Å². The maximum absolute atomic E-state index is 11.2. The van der Waals surface area contributed by atoms with Crippen molar-refractivity contribution in [3.05, 3.63) is 29.8 Å². The summed E-state index contributed by atoms with van der Waals surface area (Å²) in [5, 5.41) is 0. The fraction of sp³-hybridized carbons (Fsp3) is 0.562. The van der Waals surface area contributed by atoms with Gasteiger partial charge in [-0.3, -0.25) is 4.79 Å². The zero-order valence-corrected chi connectivity index (χ0v) is 11.5. The molecule has 1 aromatic carbocycles. The third-order valence-electron chi connectivity index (χ3n) is 3.98. The number of aryl methyl sites for hydroxylation is 1. The van der Waals surface area contributed by atoms with Gasteiger partial charge in [0.1, 0.15) is 5.78 Å². The third kappa shape index (κ3) is 3.34. The molecule has 2 nitrogen and oxygen atoms in total. The topological polar surface area (TPSA) is 20.3 Å². The van der Waals surface area contributed by atoms with Crippen molar-refractivity contribution in [2.45, 2.75) is 39.0 Å². The van der Waals surface area contributed by atoms with E-state index in [2.05, 4.69) is 43.1 Å². The van der Waals surface area contributed by atoms with E-state index in [0.717, 1.165) is 38.6 Å². The fourth-order valence-electron chi connectivity index (χ4n) is 2.66. The zero-order valence-electron chi connectivity index (χ0n) is 11.5. The molecule has 0 radical (unpaired) electrons. The minimum absolute atomic E-state index is 0.446. The van der Waals surface area contributed by atoms with E-state index in [1.807, 2.05) is 0 Å². The standard InChI is InChI=1S/C16H23NO/c1-3-13-4-8-15(9-5-13)17(2)12-14-6-10-16(18)11-7-14/h4-5,8-9,14H,3,6-7,10-12H2,1-2H3. The average Bonchev–Trinajstić information content (AvgIpc) is 2.41. The van der Waals surface area contributed by atoms with Crippen LogP contribution in [0.2, 0.25) is 0 Å². The largest absolute Gasteiger partial charge is 0.374 e. The molecule has 0 amide bonds. The summed E-state index contributed by atoms with van der Waals surface area (Å²) in [7, 11) is 2.15. The average molecular weight is 245 g/mol. The molecule has 1 fully saturated rings. The molecular weight excluding hydrogens is 222 g/mol. The lowest BCUT2D eigenvalue weighted by molar-refractivity contribution is -0.120. The number of carbonyl (C=O) groups excluding carboxylic acids is 1. The number of hydrogen-bond acceptors (Lipinski definition) is 2. The Kier molecular flexibility index (Phi) is 4.40. The summed E-state index contributed by atoms with van der Waals surface area (Å²) in [4.78, 5) is 13.5. The van der Waals surface area contributed by atoms with Gasteiger partial charge in [0.2, 0.25) is 0 Å².